The first-order valence-electron chi connectivity index (χ1n) is 6.13. The summed E-state index contributed by atoms with van der Waals surface area (Å²) >= 11 is 0. The van der Waals surface area contributed by atoms with E-state index < -0.39 is 10.8 Å². The van der Waals surface area contributed by atoms with Crippen molar-refractivity contribution in [3.8, 4) is 0 Å². The smallest absolute Gasteiger partial charge is 0.0620 e. The van der Waals surface area contributed by atoms with Gasteiger partial charge in [-0.05, 0) is 50.6 Å². The monoisotopic (exact) mass is 252 g/mol. The van der Waals surface area contributed by atoms with Gasteiger partial charge in [0.05, 0.1) is 15.7 Å². The van der Waals surface area contributed by atoms with Crippen molar-refractivity contribution in [3.63, 3.8) is 0 Å². The van der Waals surface area contributed by atoms with E-state index in [1.807, 2.05) is 25.1 Å². The van der Waals surface area contributed by atoms with Gasteiger partial charge in [0.1, 0.15) is 0 Å². The molecule has 4 heteroatoms. The van der Waals surface area contributed by atoms with Crippen LogP contribution in [0.15, 0.2) is 23.1 Å². The molecule has 2 rings (SSSR count). The number of nitrogens with zero attached hydrogens (tertiary/aromatic N) is 1. The molecule has 0 amide bonds. The van der Waals surface area contributed by atoms with Crippen LogP contribution in [0.2, 0.25) is 0 Å². The lowest BCUT2D eigenvalue weighted by atomic mass is 10.2. The summed E-state index contributed by atoms with van der Waals surface area (Å²) in [5, 5.41) is 0. The summed E-state index contributed by atoms with van der Waals surface area (Å²) in [5.41, 5.74) is 7.63. The highest BCUT2D eigenvalue weighted by molar-refractivity contribution is 7.85. The second-order valence-electron chi connectivity index (χ2n) is 4.64. The number of anilines is 1. The maximum Gasteiger partial charge on any atom is 0.0620 e. The molecule has 1 atom stereocenters. The fourth-order valence-corrected chi connectivity index (χ4v) is 3.46. The topological polar surface area (TPSA) is 46.3 Å². The van der Waals surface area contributed by atoms with Crippen LogP contribution in [0.25, 0.3) is 0 Å². The number of rotatable bonds is 4. The van der Waals surface area contributed by atoms with E-state index in [9.17, 15) is 4.21 Å². The first-order chi connectivity index (χ1) is 8.16. The molecule has 0 spiro atoms. The highest BCUT2D eigenvalue weighted by Gasteiger charge is 2.14. The molecule has 0 bridgehead atoms. The summed E-state index contributed by atoms with van der Waals surface area (Å²) in [5.74, 6) is 0.688. The van der Waals surface area contributed by atoms with Gasteiger partial charge in [-0.15, -0.1) is 0 Å². The minimum atomic E-state index is -0.968. The van der Waals surface area contributed by atoms with Crippen LogP contribution >= 0.6 is 0 Å². The zero-order valence-corrected chi connectivity index (χ0v) is 11.1. The van der Waals surface area contributed by atoms with Crippen molar-refractivity contribution in [3.05, 3.63) is 23.8 Å². The standard InChI is InChI=1S/C13H20N2OS/c1-11-4-5-12(14)13(10-11)17(16)9-8-15-6-2-3-7-15/h4-5,10H,2-3,6-9,14H2,1H3. The minimum Gasteiger partial charge on any atom is -0.398 e. The Morgan fingerprint density at radius 1 is 1.35 bits per heavy atom. The third kappa shape index (κ3) is 3.30. The lowest BCUT2D eigenvalue weighted by Gasteiger charge is -2.14. The molecule has 1 aromatic rings. The summed E-state index contributed by atoms with van der Waals surface area (Å²) < 4.78 is 12.2. The molecular formula is C13H20N2OS. The van der Waals surface area contributed by atoms with Crippen molar-refractivity contribution in [1.82, 2.24) is 4.90 Å². The van der Waals surface area contributed by atoms with Crippen LogP contribution in [0.3, 0.4) is 0 Å². The summed E-state index contributed by atoms with van der Waals surface area (Å²) in [7, 11) is -0.968. The van der Waals surface area contributed by atoms with Gasteiger partial charge in [-0.3, -0.25) is 4.21 Å². The lowest BCUT2D eigenvalue weighted by molar-refractivity contribution is 0.361. The van der Waals surface area contributed by atoms with E-state index in [-0.39, 0.29) is 0 Å². The van der Waals surface area contributed by atoms with Crippen molar-refractivity contribution >= 4 is 16.5 Å². The van der Waals surface area contributed by atoms with E-state index >= 15 is 0 Å². The predicted octanol–water partition coefficient (Wildman–Crippen LogP) is 1.78. The van der Waals surface area contributed by atoms with Crippen molar-refractivity contribution in [2.75, 3.05) is 31.1 Å². The highest BCUT2D eigenvalue weighted by atomic mass is 32.2. The molecule has 3 nitrogen and oxygen atoms in total. The number of benzene rings is 1. The largest absolute Gasteiger partial charge is 0.398 e. The van der Waals surface area contributed by atoms with Crippen molar-refractivity contribution in [2.24, 2.45) is 0 Å². The molecule has 1 unspecified atom stereocenters. The maximum atomic E-state index is 12.2. The Labute approximate surface area is 105 Å². The van der Waals surface area contributed by atoms with Gasteiger partial charge in [-0.2, -0.15) is 0 Å². The van der Waals surface area contributed by atoms with Crippen LogP contribution in [-0.4, -0.2) is 34.5 Å². The van der Waals surface area contributed by atoms with Gasteiger partial charge in [0.2, 0.25) is 0 Å². The van der Waals surface area contributed by atoms with Crippen LogP contribution in [0.5, 0.6) is 0 Å². The average Bonchev–Trinajstić information content (AvgIpc) is 2.82. The average molecular weight is 252 g/mol. The Morgan fingerprint density at radius 2 is 2.06 bits per heavy atom. The first-order valence-corrected chi connectivity index (χ1v) is 7.45. The molecule has 0 aromatic heterocycles. The van der Waals surface area contributed by atoms with Crippen molar-refractivity contribution in [2.45, 2.75) is 24.7 Å². The van der Waals surface area contributed by atoms with Gasteiger partial charge in [0, 0.05) is 18.0 Å². The zero-order chi connectivity index (χ0) is 12.3. The van der Waals surface area contributed by atoms with Crippen molar-refractivity contribution in [1.29, 1.82) is 0 Å². The number of aryl methyl sites for hydroxylation is 1. The van der Waals surface area contributed by atoms with Crippen LogP contribution in [0.1, 0.15) is 18.4 Å². The molecule has 1 fully saturated rings. The van der Waals surface area contributed by atoms with E-state index in [0.29, 0.717) is 11.4 Å². The molecule has 1 aliphatic heterocycles. The normalized spacial score (nSPS) is 18.4. The second kappa shape index (κ2) is 5.65. The molecular weight excluding hydrogens is 232 g/mol. The minimum absolute atomic E-state index is 0.648. The third-order valence-electron chi connectivity index (χ3n) is 3.21. The van der Waals surface area contributed by atoms with Gasteiger partial charge in [0.25, 0.3) is 0 Å². The van der Waals surface area contributed by atoms with E-state index in [1.54, 1.807) is 0 Å². The van der Waals surface area contributed by atoms with E-state index in [0.717, 1.165) is 30.1 Å². The van der Waals surface area contributed by atoms with Crippen LogP contribution in [0, 0.1) is 6.92 Å². The van der Waals surface area contributed by atoms with Crippen LogP contribution in [0.4, 0.5) is 5.69 Å². The number of likely N-dealkylation sites (tertiary alicyclic amines) is 1. The van der Waals surface area contributed by atoms with Gasteiger partial charge < -0.3 is 10.6 Å². The molecule has 0 radical (unpaired) electrons. The first kappa shape index (κ1) is 12.6. The molecule has 0 saturated carbocycles. The Bertz CT molecular complexity index is 414. The number of hydrogen-bond donors (Lipinski definition) is 1. The molecule has 1 heterocycles. The molecule has 0 aliphatic carbocycles. The van der Waals surface area contributed by atoms with E-state index in [2.05, 4.69) is 4.90 Å². The molecule has 94 valence electrons. The van der Waals surface area contributed by atoms with Gasteiger partial charge in [0.15, 0.2) is 0 Å². The van der Waals surface area contributed by atoms with Gasteiger partial charge in [-0.25, -0.2) is 0 Å². The molecule has 2 N–H and O–H groups in total. The summed E-state index contributed by atoms with van der Waals surface area (Å²) in [6, 6.07) is 5.74. The Hall–Kier alpha value is -0.870. The Kier molecular flexibility index (Phi) is 4.18. The molecule has 1 saturated heterocycles. The van der Waals surface area contributed by atoms with Gasteiger partial charge in [-0.1, -0.05) is 6.07 Å². The molecule has 1 aliphatic rings. The fourth-order valence-electron chi connectivity index (χ4n) is 2.17. The number of hydrogen-bond acceptors (Lipinski definition) is 3. The number of nitrogen functional groups attached to an aromatic ring is 1. The SMILES string of the molecule is Cc1ccc(N)c(S(=O)CCN2CCCC2)c1. The van der Waals surface area contributed by atoms with E-state index in [4.69, 9.17) is 5.73 Å². The zero-order valence-electron chi connectivity index (χ0n) is 10.3. The van der Waals surface area contributed by atoms with Crippen LogP contribution in [-0.2, 0) is 10.8 Å². The Morgan fingerprint density at radius 3 is 2.76 bits per heavy atom. The molecule has 1 aromatic carbocycles. The quantitative estimate of drug-likeness (QED) is 0.831. The van der Waals surface area contributed by atoms with Crippen LogP contribution < -0.4 is 5.73 Å². The van der Waals surface area contributed by atoms with E-state index in [1.165, 1.54) is 12.8 Å². The third-order valence-corrected chi connectivity index (χ3v) is 4.60. The summed E-state index contributed by atoms with van der Waals surface area (Å²) in [6.45, 7) is 5.22. The summed E-state index contributed by atoms with van der Waals surface area (Å²) in [4.78, 5) is 3.17. The predicted molar refractivity (Wildman–Crippen MR) is 72.5 cm³/mol. The Balaban J connectivity index is 1.96. The van der Waals surface area contributed by atoms with Gasteiger partial charge >= 0.3 is 0 Å². The fraction of sp³-hybridized carbons (Fsp3) is 0.538. The van der Waals surface area contributed by atoms with Crippen molar-refractivity contribution < 1.29 is 4.21 Å². The second-order valence-corrected chi connectivity index (χ2v) is 6.18. The number of nitrogens with two attached hydrogens (primary N) is 1. The highest BCUT2D eigenvalue weighted by Crippen LogP contribution is 2.18. The molecule has 17 heavy (non-hydrogen) atoms. The summed E-state index contributed by atoms with van der Waals surface area (Å²) in [6.07, 6.45) is 2.55. The maximum absolute atomic E-state index is 12.2. The lowest BCUT2D eigenvalue weighted by Crippen LogP contribution is -2.24.